The summed E-state index contributed by atoms with van der Waals surface area (Å²) in [4.78, 5) is 12.5. The normalized spacial score (nSPS) is 15.0. The van der Waals surface area contributed by atoms with E-state index in [9.17, 15) is 13.2 Å². The zero-order valence-corrected chi connectivity index (χ0v) is 15.5. The molecule has 1 aliphatic rings. The largest absolute Gasteiger partial charge is 0.497 e. The van der Waals surface area contributed by atoms with Gasteiger partial charge in [-0.15, -0.1) is 0 Å². The molecule has 0 atom stereocenters. The highest BCUT2D eigenvalue weighted by Crippen LogP contribution is 2.21. The third-order valence-corrected chi connectivity index (χ3v) is 6.34. The molecule has 0 aromatic heterocycles. The number of amides is 1. The van der Waals surface area contributed by atoms with E-state index in [1.165, 1.54) is 16.4 Å². The number of hydrogen-bond donors (Lipinski definition) is 1. The van der Waals surface area contributed by atoms with E-state index in [1.807, 2.05) is 24.3 Å². The Labute approximate surface area is 153 Å². The molecule has 1 amide bonds. The van der Waals surface area contributed by atoms with Crippen molar-refractivity contribution in [2.24, 2.45) is 0 Å². The molecule has 0 saturated carbocycles. The molecule has 26 heavy (non-hydrogen) atoms. The van der Waals surface area contributed by atoms with Crippen molar-refractivity contribution in [2.75, 3.05) is 20.2 Å². The predicted molar refractivity (Wildman–Crippen MR) is 98.6 cm³/mol. The van der Waals surface area contributed by atoms with Crippen LogP contribution in [0.15, 0.2) is 53.4 Å². The smallest absolute Gasteiger partial charge is 0.251 e. The van der Waals surface area contributed by atoms with Crippen LogP contribution in [0.25, 0.3) is 0 Å². The fourth-order valence-electron chi connectivity index (χ4n) is 2.88. The Morgan fingerprint density at radius 1 is 1.04 bits per heavy atom. The molecule has 1 aliphatic heterocycles. The van der Waals surface area contributed by atoms with Gasteiger partial charge < -0.3 is 10.1 Å². The number of benzene rings is 2. The Bertz CT molecular complexity index is 855. The number of nitrogens with zero attached hydrogens (tertiary/aromatic N) is 1. The fraction of sp³-hybridized carbons (Fsp3) is 0.316. The number of rotatable bonds is 6. The number of hydrogen-bond acceptors (Lipinski definition) is 4. The minimum Gasteiger partial charge on any atom is -0.497 e. The highest BCUT2D eigenvalue weighted by Gasteiger charge is 2.27. The van der Waals surface area contributed by atoms with Crippen molar-refractivity contribution in [1.29, 1.82) is 0 Å². The molecule has 1 N–H and O–H groups in total. The molecule has 3 rings (SSSR count). The third kappa shape index (κ3) is 4.05. The van der Waals surface area contributed by atoms with Gasteiger partial charge in [0.1, 0.15) is 5.75 Å². The van der Waals surface area contributed by atoms with Crippen molar-refractivity contribution >= 4 is 15.9 Å². The van der Waals surface area contributed by atoms with Crippen LogP contribution in [0, 0.1) is 0 Å². The maximum absolute atomic E-state index is 12.5. The summed E-state index contributed by atoms with van der Waals surface area (Å²) in [5, 5.41) is 2.83. The van der Waals surface area contributed by atoms with E-state index in [4.69, 9.17) is 4.74 Å². The quantitative estimate of drug-likeness (QED) is 0.842. The molecule has 0 aliphatic carbocycles. The summed E-state index contributed by atoms with van der Waals surface area (Å²) >= 11 is 0. The summed E-state index contributed by atoms with van der Waals surface area (Å²) in [5.41, 5.74) is 1.38. The molecule has 2 aromatic rings. The molecule has 0 spiro atoms. The van der Waals surface area contributed by atoms with E-state index in [2.05, 4.69) is 5.32 Å². The maximum atomic E-state index is 12.5. The van der Waals surface area contributed by atoms with Crippen molar-refractivity contribution in [3.05, 3.63) is 59.7 Å². The lowest BCUT2D eigenvalue weighted by Gasteiger charge is -2.15. The molecule has 0 bridgehead atoms. The lowest BCUT2D eigenvalue weighted by Crippen LogP contribution is -2.28. The minimum absolute atomic E-state index is 0.228. The van der Waals surface area contributed by atoms with Crippen molar-refractivity contribution in [2.45, 2.75) is 24.3 Å². The van der Waals surface area contributed by atoms with Crippen LogP contribution in [0.5, 0.6) is 5.75 Å². The van der Waals surface area contributed by atoms with Gasteiger partial charge in [0.15, 0.2) is 0 Å². The van der Waals surface area contributed by atoms with Crippen LogP contribution < -0.4 is 10.1 Å². The second-order valence-electron chi connectivity index (χ2n) is 6.17. The number of methoxy groups -OCH3 is 1. The van der Waals surface area contributed by atoms with Crippen LogP contribution in [0.1, 0.15) is 28.8 Å². The van der Waals surface area contributed by atoms with Crippen molar-refractivity contribution in [3.63, 3.8) is 0 Å². The van der Waals surface area contributed by atoms with Crippen LogP contribution in [-0.4, -0.2) is 38.8 Å². The number of carbonyl (C=O) groups excluding carboxylic acids is 1. The molecule has 1 fully saturated rings. The van der Waals surface area contributed by atoms with E-state index >= 15 is 0 Å². The summed E-state index contributed by atoms with van der Waals surface area (Å²) in [7, 11) is -1.85. The average molecular weight is 374 g/mol. The van der Waals surface area contributed by atoms with Crippen LogP contribution in [0.2, 0.25) is 0 Å². The molecular formula is C19H22N2O4S. The lowest BCUT2D eigenvalue weighted by atomic mass is 10.2. The maximum Gasteiger partial charge on any atom is 0.251 e. The average Bonchev–Trinajstić information content (AvgIpc) is 3.22. The number of nitrogens with one attached hydrogen (secondary N) is 1. The van der Waals surface area contributed by atoms with Crippen molar-refractivity contribution < 1.29 is 17.9 Å². The monoisotopic (exact) mass is 374 g/mol. The van der Waals surface area contributed by atoms with Gasteiger partial charge in [0.25, 0.3) is 5.91 Å². The summed E-state index contributed by atoms with van der Waals surface area (Å²) in [6, 6.07) is 13.5. The molecule has 2 aromatic carbocycles. The van der Waals surface area contributed by atoms with E-state index in [0.29, 0.717) is 25.2 Å². The molecule has 1 heterocycles. The van der Waals surface area contributed by atoms with Crippen LogP contribution in [0.4, 0.5) is 0 Å². The highest BCUT2D eigenvalue weighted by molar-refractivity contribution is 7.89. The van der Waals surface area contributed by atoms with Gasteiger partial charge in [-0.05, 0) is 54.8 Å². The SMILES string of the molecule is COc1ccc(CNC(=O)c2ccc(S(=O)(=O)N3CCCC3)cc2)cc1. The Kier molecular flexibility index (Phi) is 5.58. The highest BCUT2D eigenvalue weighted by atomic mass is 32.2. The van der Waals surface area contributed by atoms with Crippen LogP contribution >= 0.6 is 0 Å². The number of sulfonamides is 1. The first-order valence-electron chi connectivity index (χ1n) is 8.52. The summed E-state index contributed by atoms with van der Waals surface area (Å²) in [5.74, 6) is 0.515. The first kappa shape index (κ1) is 18.4. The minimum atomic E-state index is -3.45. The van der Waals surface area contributed by atoms with Crippen LogP contribution in [-0.2, 0) is 16.6 Å². The first-order chi connectivity index (χ1) is 12.5. The number of carbonyl (C=O) groups is 1. The van der Waals surface area contributed by atoms with Gasteiger partial charge >= 0.3 is 0 Å². The van der Waals surface area contributed by atoms with E-state index < -0.39 is 10.0 Å². The Morgan fingerprint density at radius 3 is 2.23 bits per heavy atom. The van der Waals surface area contributed by atoms with E-state index in [1.54, 1.807) is 19.2 Å². The Morgan fingerprint density at radius 2 is 1.65 bits per heavy atom. The van der Waals surface area contributed by atoms with Crippen molar-refractivity contribution in [1.82, 2.24) is 9.62 Å². The predicted octanol–water partition coefficient (Wildman–Crippen LogP) is 2.41. The molecule has 6 nitrogen and oxygen atoms in total. The first-order valence-corrected chi connectivity index (χ1v) is 9.96. The third-order valence-electron chi connectivity index (χ3n) is 4.43. The van der Waals surface area contributed by atoms with Gasteiger partial charge in [-0.25, -0.2) is 8.42 Å². The van der Waals surface area contributed by atoms with E-state index in [-0.39, 0.29) is 10.8 Å². The van der Waals surface area contributed by atoms with Crippen molar-refractivity contribution in [3.8, 4) is 5.75 Å². The second-order valence-corrected chi connectivity index (χ2v) is 8.10. The zero-order chi connectivity index (χ0) is 18.6. The molecule has 7 heteroatoms. The summed E-state index contributed by atoms with van der Waals surface area (Å²) < 4.78 is 31.6. The molecule has 0 unspecified atom stereocenters. The second kappa shape index (κ2) is 7.88. The summed E-state index contributed by atoms with van der Waals surface area (Å²) in [6.45, 7) is 1.51. The topological polar surface area (TPSA) is 75.7 Å². The Hall–Kier alpha value is -2.38. The van der Waals surface area contributed by atoms with Gasteiger partial charge in [0.2, 0.25) is 10.0 Å². The number of ether oxygens (including phenoxy) is 1. The molecule has 1 saturated heterocycles. The van der Waals surface area contributed by atoms with Gasteiger partial charge in [-0.3, -0.25) is 4.79 Å². The van der Waals surface area contributed by atoms with Crippen LogP contribution in [0.3, 0.4) is 0 Å². The lowest BCUT2D eigenvalue weighted by molar-refractivity contribution is 0.0951. The molecule has 0 radical (unpaired) electrons. The summed E-state index contributed by atoms with van der Waals surface area (Å²) in [6.07, 6.45) is 1.79. The molecule has 138 valence electrons. The molecular weight excluding hydrogens is 352 g/mol. The standard InChI is InChI=1S/C19H22N2O4S/c1-25-17-8-4-15(5-9-17)14-20-19(22)16-6-10-18(11-7-16)26(23,24)21-12-2-3-13-21/h4-11H,2-3,12-14H2,1H3,(H,20,22). The fourth-order valence-corrected chi connectivity index (χ4v) is 4.40. The van der Waals surface area contributed by atoms with Gasteiger partial charge in [-0.2, -0.15) is 4.31 Å². The Balaban J connectivity index is 1.63. The zero-order valence-electron chi connectivity index (χ0n) is 14.6. The van der Waals surface area contributed by atoms with Gasteiger partial charge in [-0.1, -0.05) is 12.1 Å². The van der Waals surface area contributed by atoms with E-state index in [0.717, 1.165) is 24.2 Å². The van der Waals surface area contributed by atoms with Gasteiger partial charge in [0.05, 0.1) is 12.0 Å². The van der Waals surface area contributed by atoms with Gasteiger partial charge in [0, 0.05) is 25.2 Å².